The number of ether oxygens (including phenoxy) is 3. The summed E-state index contributed by atoms with van der Waals surface area (Å²) >= 11 is 0. The summed E-state index contributed by atoms with van der Waals surface area (Å²) < 4.78 is 17.1. The van der Waals surface area contributed by atoms with Crippen LogP contribution in [0.2, 0.25) is 0 Å². The van der Waals surface area contributed by atoms with Gasteiger partial charge < -0.3 is 14.2 Å². The smallest absolute Gasteiger partial charge is 0.435 e. The standard InChI is InChI=1S/C32H37N7O6/c1-7-9-14-26-33-30(38(6)27(40)19-20(3)4)28(31(41)44-21(5)45-32(42)43-8-2)39(26)23-17-15-22(16-18-23)24-12-10-11-13-25(24)29-34-36-37-35-29/h10-13,15-19,21H,7-9,14H2,1-6H3,(H,34,35,36,37). The van der Waals surface area contributed by atoms with Crippen molar-refractivity contribution in [1.82, 2.24) is 30.2 Å². The molecule has 0 spiro atoms. The second kappa shape index (κ2) is 14.9. The molecule has 4 aromatic rings. The van der Waals surface area contributed by atoms with Crippen molar-refractivity contribution < 1.29 is 28.6 Å². The van der Waals surface area contributed by atoms with Gasteiger partial charge >= 0.3 is 12.1 Å². The van der Waals surface area contributed by atoms with E-state index < -0.39 is 18.4 Å². The van der Waals surface area contributed by atoms with Crippen LogP contribution in [0.15, 0.2) is 60.2 Å². The number of rotatable bonds is 12. The number of allylic oxidation sites excluding steroid dienone is 1. The third-order valence-corrected chi connectivity index (χ3v) is 6.68. The van der Waals surface area contributed by atoms with Crippen LogP contribution in [-0.2, 0) is 25.4 Å². The summed E-state index contributed by atoms with van der Waals surface area (Å²) in [5.74, 6) is -0.0533. The molecule has 0 saturated carbocycles. The van der Waals surface area contributed by atoms with Crippen LogP contribution in [0.4, 0.5) is 10.6 Å². The summed E-state index contributed by atoms with van der Waals surface area (Å²) in [6.45, 7) is 8.80. The molecule has 0 aliphatic carbocycles. The summed E-state index contributed by atoms with van der Waals surface area (Å²) in [7, 11) is 1.55. The Labute approximate surface area is 261 Å². The molecule has 4 rings (SSSR count). The molecule has 2 aromatic heterocycles. The Morgan fingerprint density at radius 1 is 1.02 bits per heavy atom. The first-order valence-corrected chi connectivity index (χ1v) is 14.7. The Morgan fingerprint density at radius 2 is 1.73 bits per heavy atom. The van der Waals surface area contributed by atoms with Gasteiger partial charge in [-0.2, -0.15) is 5.21 Å². The zero-order valence-electron chi connectivity index (χ0n) is 26.2. The van der Waals surface area contributed by atoms with Crippen LogP contribution >= 0.6 is 0 Å². The lowest BCUT2D eigenvalue weighted by Gasteiger charge is -2.18. The number of carbonyl (C=O) groups is 3. The number of unbranched alkanes of at least 4 members (excludes halogenated alkanes) is 1. The fourth-order valence-electron chi connectivity index (χ4n) is 4.61. The molecule has 2 heterocycles. The van der Waals surface area contributed by atoms with Crippen LogP contribution < -0.4 is 4.90 Å². The number of aryl methyl sites for hydroxylation is 1. The molecule has 1 N–H and O–H groups in total. The molecule has 1 atom stereocenters. The van der Waals surface area contributed by atoms with Crippen molar-refractivity contribution in [3.63, 3.8) is 0 Å². The third-order valence-electron chi connectivity index (χ3n) is 6.68. The maximum Gasteiger partial charge on any atom is 0.511 e. The average molecular weight is 616 g/mol. The Morgan fingerprint density at radius 3 is 2.36 bits per heavy atom. The highest BCUT2D eigenvalue weighted by atomic mass is 16.8. The number of amides is 1. The van der Waals surface area contributed by atoms with Crippen LogP contribution in [0, 0.1) is 0 Å². The molecular weight excluding hydrogens is 578 g/mol. The average Bonchev–Trinajstić information content (AvgIpc) is 3.68. The number of nitrogens with one attached hydrogen (secondary N) is 1. The lowest BCUT2D eigenvalue weighted by Crippen LogP contribution is -2.29. The van der Waals surface area contributed by atoms with E-state index in [2.05, 4.69) is 27.5 Å². The van der Waals surface area contributed by atoms with Gasteiger partial charge in [0.25, 0.3) is 5.91 Å². The molecule has 236 valence electrons. The quantitative estimate of drug-likeness (QED) is 0.120. The van der Waals surface area contributed by atoms with Gasteiger partial charge in [0.05, 0.1) is 6.61 Å². The first kappa shape index (κ1) is 32.6. The van der Waals surface area contributed by atoms with E-state index in [1.165, 1.54) is 17.9 Å². The number of hydrogen-bond acceptors (Lipinski definition) is 10. The molecule has 13 nitrogen and oxygen atoms in total. The molecule has 0 aliphatic heterocycles. The predicted molar refractivity (Wildman–Crippen MR) is 167 cm³/mol. The van der Waals surface area contributed by atoms with Crippen molar-refractivity contribution >= 4 is 23.8 Å². The summed E-state index contributed by atoms with van der Waals surface area (Å²) in [5.41, 5.74) is 3.99. The van der Waals surface area contributed by atoms with Crippen molar-refractivity contribution in [1.29, 1.82) is 0 Å². The van der Waals surface area contributed by atoms with Crippen molar-refractivity contribution in [3.05, 3.63) is 71.7 Å². The van der Waals surface area contributed by atoms with E-state index in [1.54, 1.807) is 32.4 Å². The van der Waals surface area contributed by atoms with Crippen molar-refractivity contribution in [2.45, 2.75) is 60.2 Å². The van der Waals surface area contributed by atoms with Gasteiger partial charge in [0.1, 0.15) is 5.82 Å². The van der Waals surface area contributed by atoms with Crippen LogP contribution in [-0.4, -0.2) is 68.2 Å². The number of likely N-dealkylation sites (N-methyl/N-ethyl adjacent to an activating group) is 1. The second-order valence-electron chi connectivity index (χ2n) is 10.4. The summed E-state index contributed by atoms with van der Waals surface area (Å²) in [5, 5.41) is 14.4. The van der Waals surface area contributed by atoms with Gasteiger partial charge in [-0.05, 0) is 55.7 Å². The number of H-pyrrole nitrogens is 1. The zero-order valence-corrected chi connectivity index (χ0v) is 26.2. The Balaban J connectivity index is 1.82. The molecule has 0 saturated heterocycles. The largest absolute Gasteiger partial charge is 0.511 e. The molecule has 0 radical (unpaired) electrons. The van der Waals surface area contributed by atoms with Crippen LogP contribution in [0.1, 0.15) is 63.8 Å². The van der Waals surface area contributed by atoms with E-state index in [0.29, 0.717) is 23.8 Å². The minimum absolute atomic E-state index is 0.0124. The number of benzene rings is 2. The SMILES string of the molecule is CCCCc1nc(N(C)C(=O)C=C(C)C)c(C(=O)OC(C)OC(=O)OCC)n1-c1ccc(-c2ccccc2-c2nn[nH]n2)cc1. The molecular formula is C32H37N7O6. The highest BCUT2D eigenvalue weighted by Crippen LogP contribution is 2.32. The van der Waals surface area contributed by atoms with Crippen molar-refractivity contribution in [2.75, 3.05) is 18.6 Å². The Kier molecular flexibility index (Phi) is 10.8. The second-order valence-corrected chi connectivity index (χ2v) is 10.4. The van der Waals surface area contributed by atoms with Crippen molar-refractivity contribution in [3.8, 4) is 28.2 Å². The van der Waals surface area contributed by atoms with Gasteiger partial charge in [0.2, 0.25) is 12.1 Å². The third kappa shape index (κ3) is 7.80. The van der Waals surface area contributed by atoms with Gasteiger partial charge in [-0.1, -0.05) is 55.3 Å². The van der Waals surface area contributed by atoms with E-state index >= 15 is 0 Å². The fourth-order valence-corrected chi connectivity index (χ4v) is 4.61. The number of carbonyl (C=O) groups excluding carboxylic acids is 3. The number of tetrazole rings is 1. The van der Waals surface area contributed by atoms with Crippen LogP contribution in [0.3, 0.4) is 0 Å². The minimum atomic E-state index is -1.27. The predicted octanol–water partition coefficient (Wildman–Crippen LogP) is 5.67. The normalized spacial score (nSPS) is 11.4. The van der Waals surface area contributed by atoms with Gasteiger partial charge in [0, 0.05) is 37.7 Å². The molecule has 13 heteroatoms. The summed E-state index contributed by atoms with van der Waals surface area (Å²) in [6.07, 6.45) is 1.42. The number of nitrogens with zero attached hydrogens (tertiary/aromatic N) is 6. The van der Waals surface area contributed by atoms with E-state index in [0.717, 1.165) is 35.1 Å². The first-order chi connectivity index (χ1) is 21.6. The lowest BCUT2D eigenvalue weighted by molar-refractivity contribution is -0.114. The Hall–Kier alpha value is -5.33. The number of aromatic amines is 1. The number of imidazole rings is 1. The molecule has 0 fully saturated rings. The maximum absolute atomic E-state index is 13.8. The van der Waals surface area contributed by atoms with Gasteiger partial charge in [0.15, 0.2) is 11.5 Å². The first-order valence-electron chi connectivity index (χ1n) is 14.7. The Bertz CT molecular complexity index is 1660. The topological polar surface area (TPSA) is 154 Å². The number of anilines is 1. The monoisotopic (exact) mass is 615 g/mol. The number of hydrogen-bond donors (Lipinski definition) is 1. The zero-order chi connectivity index (χ0) is 32.5. The molecule has 2 aromatic carbocycles. The number of aromatic nitrogens is 6. The fraction of sp³-hybridized carbons (Fsp3) is 0.344. The molecule has 45 heavy (non-hydrogen) atoms. The molecule has 0 bridgehead atoms. The van der Waals surface area contributed by atoms with Crippen LogP contribution in [0.5, 0.6) is 0 Å². The van der Waals surface area contributed by atoms with Gasteiger partial charge in [-0.15, -0.1) is 10.2 Å². The van der Waals surface area contributed by atoms with E-state index in [4.69, 9.17) is 19.2 Å². The van der Waals surface area contributed by atoms with Gasteiger partial charge in [-0.25, -0.2) is 14.6 Å². The van der Waals surface area contributed by atoms with E-state index in [1.807, 2.05) is 48.5 Å². The minimum Gasteiger partial charge on any atom is -0.435 e. The highest BCUT2D eigenvalue weighted by Gasteiger charge is 2.31. The highest BCUT2D eigenvalue weighted by molar-refractivity contribution is 6.05. The van der Waals surface area contributed by atoms with E-state index in [9.17, 15) is 14.4 Å². The van der Waals surface area contributed by atoms with Crippen LogP contribution in [0.25, 0.3) is 28.2 Å². The summed E-state index contributed by atoms with van der Waals surface area (Å²) in [6, 6.07) is 15.2. The molecule has 1 amide bonds. The molecule has 0 aliphatic rings. The summed E-state index contributed by atoms with van der Waals surface area (Å²) in [4.78, 5) is 44.9. The van der Waals surface area contributed by atoms with Gasteiger partial charge in [-0.3, -0.25) is 14.3 Å². The lowest BCUT2D eigenvalue weighted by atomic mass is 9.99. The van der Waals surface area contributed by atoms with Crippen molar-refractivity contribution in [2.24, 2.45) is 0 Å². The number of esters is 1. The van der Waals surface area contributed by atoms with E-state index in [-0.39, 0.29) is 24.0 Å². The molecule has 1 unspecified atom stereocenters. The maximum atomic E-state index is 13.8.